The molecule has 1 aliphatic heterocycles. The molecule has 142 valence electrons. The van der Waals surface area contributed by atoms with Gasteiger partial charge in [-0.25, -0.2) is 4.39 Å². The molecule has 1 saturated heterocycles. The molecule has 1 heterocycles. The molecule has 2 aromatic rings. The van der Waals surface area contributed by atoms with Crippen LogP contribution in [0.25, 0.3) is 0 Å². The van der Waals surface area contributed by atoms with Crippen molar-refractivity contribution in [2.45, 2.75) is 50.3 Å². The zero-order chi connectivity index (χ0) is 18.9. The Bertz CT molecular complexity index is 635. The van der Waals surface area contributed by atoms with E-state index >= 15 is 0 Å². The summed E-state index contributed by atoms with van der Waals surface area (Å²) in [6.45, 7) is 5.25. The van der Waals surface area contributed by atoms with Crippen molar-refractivity contribution in [1.82, 2.24) is 0 Å². The van der Waals surface area contributed by atoms with Crippen molar-refractivity contribution in [3.63, 3.8) is 0 Å². The number of benzene rings is 2. The molecular weight excluding hydrogens is 351 g/mol. The van der Waals surface area contributed by atoms with E-state index in [-0.39, 0.29) is 11.9 Å². The lowest BCUT2D eigenvalue weighted by atomic mass is 10.2. The van der Waals surface area contributed by atoms with Gasteiger partial charge >= 0.3 is 0 Å². The van der Waals surface area contributed by atoms with Gasteiger partial charge in [0, 0.05) is 5.25 Å². The highest BCUT2D eigenvalue weighted by Crippen LogP contribution is 2.34. The number of aliphatic hydroxyl groups excluding tert-OH is 2. The van der Waals surface area contributed by atoms with Crippen molar-refractivity contribution in [3.8, 4) is 0 Å². The van der Waals surface area contributed by atoms with Crippen molar-refractivity contribution < 1.29 is 19.3 Å². The molecule has 3 rings (SSSR count). The highest BCUT2D eigenvalue weighted by molar-refractivity contribution is 8.00. The summed E-state index contributed by atoms with van der Waals surface area (Å²) in [7, 11) is 0. The monoisotopic (exact) mass is 378 g/mol. The standard InChI is InChI=1S/C13H17FO2S.C8H10O/c1-9-2-4-10(5-3-9)7-16-8-11-6-12(14)13(15)17-11;1-7-2-4-8(6-9)5-3-7/h2-5,11-13,15H,6-8H2,1H3;2-5,9H,6H2,1H3. The van der Waals surface area contributed by atoms with Crippen LogP contribution in [0.4, 0.5) is 4.39 Å². The zero-order valence-electron chi connectivity index (χ0n) is 15.3. The minimum Gasteiger partial charge on any atom is -0.392 e. The van der Waals surface area contributed by atoms with Gasteiger partial charge in [-0.15, -0.1) is 11.8 Å². The minimum absolute atomic E-state index is 0.0745. The molecule has 1 aliphatic rings. The number of aryl methyl sites for hydroxylation is 2. The van der Waals surface area contributed by atoms with Gasteiger partial charge in [-0.3, -0.25) is 0 Å². The third-order valence-electron chi connectivity index (χ3n) is 4.13. The Morgan fingerprint density at radius 2 is 1.54 bits per heavy atom. The number of halogens is 1. The first-order valence-electron chi connectivity index (χ1n) is 8.75. The molecule has 26 heavy (non-hydrogen) atoms. The van der Waals surface area contributed by atoms with Gasteiger partial charge in [0.15, 0.2) is 0 Å². The molecule has 3 unspecified atom stereocenters. The molecule has 0 aromatic heterocycles. The van der Waals surface area contributed by atoms with E-state index in [2.05, 4.69) is 0 Å². The van der Waals surface area contributed by atoms with Crippen molar-refractivity contribution in [1.29, 1.82) is 0 Å². The van der Waals surface area contributed by atoms with Crippen LogP contribution in [0.3, 0.4) is 0 Å². The van der Waals surface area contributed by atoms with Crippen LogP contribution < -0.4 is 0 Å². The van der Waals surface area contributed by atoms with E-state index in [0.717, 1.165) is 11.1 Å². The molecule has 2 N–H and O–H groups in total. The predicted molar refractivity (Wildman–Crippen MR) is 105 cm³/mol. The largest absolute Gasteiger partial charge is 0.392 e. The SMILES string of the molecule is Cc1ccc(CO)cc1.Cc1ccc(COCC2CC(F)C(O)S2)cc1. The van der Waals surface area contributed by atoms with E-state index in [1.165, 1.54) is 22.9 Å². The van der Waals surface area contributed by atoms with Crippen LogP contribution in [-0.4, -0.2) is 33.7 Å². The molecule has 0 spiro atoms. The third kappa shape index (κ3) is 7.08. The van der Waals surface area contributed by atoms with Gasteiger partial charge in [0.2, 0.25) is 0 Å². The second kappa shape index (κ2) is 10.7. The third-order valence-corrected chi connectivity index (χ3v) is 5.41. The molecule has 3 nitrogen and oxygen atoms in total. The quantitative estimate of drug-likeness (QED) is 0.820. The number of rotatable bonds is 5. The van der Waals surface area contributed by atoms with E-state index in [1.807, 2.05) is 62.4 Å². The number of ether oxygens (including phenoxy) is 1. The second-order valence-corrected chi connectivity index (χ2v) is 7.97. The average Bonchev–Trinajstić information content (AvgIpc) is 2.96. The lowest BCUT2D eigenvalue weighted by Gasteiger charge is -2.09. The molecule has 0 bridgehead atoms. The smallest absolute Gasteiger partial charge is 0.136 e. The fourth-order valence-corrected chi connectivity index (χ4v) is 3.64. The van der Waals surface area contributed by atoms with Gasteiger partial charge in [0.25, 0.3) is 0 Å². The average molecular weight is 379 g/mol. The molecule has 3 atom stereocenters. The number of hydrogen-bond donors (Lipinski definition) is 2. The number of thioether (sulfide) groups is 1. The lowest BCUT2D eigenvalue weighted by Crippen LogP contribution is -2.11. The van der Waals surface area contributed by atoms with Gasteiger partial charge in [0.1, 0.15) is 11.6 Å². The van der Waals surface area contributed by atoms with Crippen LogP contribution in [-0.2, 0) is 18.0 Å². The van der Waals surface area contributed by atoms with E-state index in [4.69, 9.17) is 9.84 Å². The van der Waals surface area contributed by atoms with E-state index in [1.54, 1.807) is 0 Å². The molecular formula is C21H27FO3S. The maximum atomic E-state index is 13.0. The van der Waals surface area contributed by atoms with Crippen molar-refractivity contribution in [2.24, 2.45) is 0 Å². The maximum absolute atomic E-state index is 13.0. The fourth-order valence-electron chi connectivity index (χ4n) is 2.50. The summed E-state index contributed by atoms with van der Waals surface area (Å²) >= 11 is 1.27. The Hall–Kier alpha value is -1.40. The fraction of sp³-hybridized carbons (Fsp3) is 0.429. The molecule has 0 radical (unpaired) electrons. The summed E-state index contributed by atoms with van der Waals surface area (Å²) in [6.07, 6.45) is -0.715. The molecule has 1 fully saturated rings. The summed E-state index contributed by atoms with van der Waals surface area (Å²) in [6, 6.07) is 16.0. The van der Waals surface area contributed by atoms with Crippen LogP contribution in [0.2, 0.25) is 0 Å². The zero-order valence-corrected chi connectivity index (χ0v) is 16.1. The first kappa shape index (κ1) is 20.9. The van der Waals surface area contributed by atoms with Crippen molar-refractivity contribution >= 4 is 11.8 Å². The van der Waals surface area contributed by atoms with E-state index < -0.39 is 11.6 Å². The Morgan fingerprint density at radius 1 is 1.00 bits per heavy atom. The molecule has 2 aromatic carbocycles. The summed E-state index contributed by atoms with van der Waals surface area (Å²) in [5.74, 6) is 0. The van der Waals surface area contributed by atoms with Crippen LogP contribution in [0.5, 0.6) is 0 Å². The Labute approximate surface area is 159 Å². The molecule has 5 heteroatoms. The summed E-state index contributed by atoms with van der Waals surface area (Å²) in [5.41, 5.74) is 3.68. The summed E-state index contributed by atoms with van der Waals surface area (Å²) in [4.78, 5) is 0. The Morgan fingerprint density at radius 3 is 2.00 bits per heavy atom. The number of aliphatic hydroxyl groups is 2. The van der Waals surface area contributed by atoms with E-state index in [9.17, 15) is 9.50 Å². The van der Waals surface area contributed by atoms with Gasteiger partial charge in [-0.05, 0) is 31.4 Å². The molecule has 0 amide bonds. The van der Waals surface area contributed by atoms with Crippen LogP contribution >= 0.6 is 11.8 Å². The second-order valence-electron chi connectivity index (χ2n) is 6.54. The van der Waals surface area contributed by atoms with Crippen molar-refractivity contribution in [2.75, 3.05) is 6.61 Å². The first-order chi connectivity index (χ1) is 12.5. The van der Waals surface area contributed by atoms with Gasteiger partial charge in [-0.1, -0.05) is 59.7 Å². The van der Waals surface area contributed by atoms with Crippen LogP contribution in [0.15, 0.2) is 48.5 Å². The van der Waals surface area contributed by atoms with Crippen molar-refractivity contribution in [3.05, 3.63) is 70.8 Å². The van der Waals surface area contributed by atoms with E-state index in [0.29, 0.717) is 19.6 Å². The minimum atomic E-state index is -1.10. The van der Waals surface area contributed by atoms with Crippen LogP contribution in [0, 0.1) is 13.8 Å². The first-order valence-corrected chi connectivity index (χ1v) is 9.69. The Kier molecular flexibility index (Phi) is 8.59. The highest BCUT2D eigenvalue weighted by atomic mass is 32.2. The van der Waals surface area contributed by atoms with Gasteiger partial charge in [-0.2, -0.15) is 0 Å². The summed E-state index contributed by atoms with van der Waals surface area (Å²) < 4.78 is 18.6. The highest BCUT2D eigenvalue weighted by Gasteiger charge is 2.33. The summed E-state index contributed by atoms with van der Waals surface area (Å²) in [5, 5.41) is 18.0. The Balaban J connectivity index is 0.000000228. The molecule has 0 saturated carbocycles. The molecule has 0 aliphatic carbocycles. The number of hydrogen-bond acceptors (Lipinski definition) is 4. The number of alkyl halides is 1. The van der Waals surface area contributed by atoms with Gasteiger partial charge in [0.05, 0.1) is 19.8 Å². The maximum Gasteiger partial charge on any atom is 0.136 e. The lowest BCUT2D eigenvalue weighted by molar-refractivity contribution is 0.111. The topological polar surface area (TPSA) is 49.7 Å². The van der Waals surface area contributed by atoms with Gasteiger partial charge < -0.3 is 14.9 Å². The van der Waals surface area contributed by atoms with Crippen LogP contribution in [0.1, 0.15) is 28.7 Å². The predicted octanol–water partition coefficient (Wildman–Crippen LogP) is 4.16. The normalized spacial score (nSPS) is 22.0.